The average molecular weight is 437 g/mol. The fraction of sp³-hybridized carbons (Fsp3) is 0.481. The van der Waals surface area contributed by atoms with Gasteiger partial charge in [0.15, 0.2) is 6.61 Å². The van der Waals surface area contributed by atoms with Gasteiger partial charge in [0.2, 0.25) is 5.91 Å². The number of nitrogens with one attached hydrogen (secondary N) is 1. The highest BCUT2D eigenvalue weighted by Gasteiger charge is 2.28. The summed E-state index contributed by atoms with van der Waals surface area (Å²) >= 11 is 0. The molecular weight excluding hydrogens is 400 g/mol. The van der Waals surface area contributed by atoms with E-state index in [1.165, 1.54) is 12.0 Å². The molecule has 0 aromatic heterocycles. The fourth-order valence-corrected chi connectivity index (χ4v) is 4.19. The second-order valence-corrected chi connectivity index (χ2v) is 8.63. The summed E-state index contributed by atoms with van der Waals surface area (Å²) in [6.07, 6.45) is 7.24. The van der Waals surface area contributed by atoms with Crippen LogP contribution in [0.3, 0.4) is 0 Å². The lowest BCUT2D eigenvalue weighted by Crippen LogP contribution is -2.52. The average Bonchev–Trinajstić information content (AvgIpc) is 2.84. The van der Waals surface area contributed by atoms with E-state index in [0.717, 1.165) is 37.7 Å². The maximum absolute atomic E-state index is 13.1. The largest absolute Gasteiger partial charge is 0.484 e. The number of rotatable bonds is 10. The Morgan fingerprint density at radius 1 is 1.00 bits per heavy atom. The Labute approximate surface area is 192 Å². The van der Waals surface area contributed by atoms with Crippen LogP contribution in [0.15, 0.2) is 54.6 Å². The monoisotopic (exact) mass is 436 g/mol. The molecule has 2 amide bonds. The number of amides is 2. The predicted octanol–water partition coefficient (Wildman–Crippen LogP) is 4.54. The summed E-state index contributed by atoms with van der Waals surface area (Å²) in [5, 5.41) is 3.16. The highest BCUT2D eigenvalue weighted by atomic mass is 16.5. The van der Waals surface area contributed by atoms with Crippen LogP contribution in [0.5, 0.6) is 5.75 Å². The van der Waals surface area contributed by atoms with Gasteiger partial charge in [0.25, 0.3) is 5.91 Å². The van der Waals surface area contributed by atoms with E-state index in [1.807, 2.05) is 61.5 Å². The molecule has 0 aliphatic heterocycles. The van der Waals surface area contributed by atoms with Crippen LogP contribution in [-0.2, 0) is 22.4 Å². The minimum Gasteiger partial charge on any atom is -0.484 e. The summed E-state index contributed by atoms with van der Waals surface area (Å²) in [5.41, 5.74) is 2.36. The van der Waals surface area contributed by atoms with Crippen molar-refractivity contribution in [1.82, 2.24) is 10.2 Å². The number of nitrogens with zero attached hydrogens (tertiary/aromatic N) is 1. The Bertz CT molecular complexity index is 845. The van der Waals surface area contributed by atoms with Crippen molar-refractivity contribution < 1.29 is 14.3 Å². The van der Waals surface area contributed by atoms with Crippen molar-refractivity contribution in [3.63, 3.8) is 0 Å². The summed E-state index contributed by atoms with van der Waals surface area (Å²) < 4.78 is 5.76. The van der Waals surface area contributed by atoms with Crippen molar-refractivity contribution in [3.8, 4) is 5.75 Å². The normalized spacial score (nSPS) is 15.1. The first kappa shape index (κ1) is 23.8. The standard InChI is InChI=1S/C27H36N2O3/c1-3-22-14-16-25(17-15-22)32-20-26(30)29(19-18-23-10-6-4-7-11-23)21(2)27(31)28-24-12-8-5-9-13-24/h4,6-7,10-11,14-17,21,24H,3,5,8-9,12-13,18-20H2,1-2H3,(H,28,31). The topological polar surface area (TPSA) is 58.6 Å². The van der Waals surface area contributed by atoms with E-state index in [9.17, 15) is 9.59 Å². The number of benzene rings is 2. The van der Waals surface area contributed by atoms with Crippen molar-refractivity contribution in [2.75, 3.05) is 13.2 Å². The lowest BCUT2D eigenvalue weighted by atomic mass is 9.95. The molecule has 1 atom stereocenters. The van der Waals surface area contributed by atoms with Crippen molar-refractivity contribution in [2.45, 2.75) is 70.9 Å². The highest BCUT2D eigenvalue weighted by molar-refractivity contribution is 5.88. The van der Waals surface area contributed by atoms with E-state index in [0.29, 0.717) is 18.7 Å². The van der Waals surface area contributed by atoms with Crippen LogP contribution in [0.25, 0.3) is 0 Å². The number of hydrogen-bond acceptors (Lipinski definition) is 3. The Morgan fingerprint density at radius 2 is 1.69 bits per heavy atom. The Balaban J connectivity index is 1.63. The minimum absolute atomic E-state index is 0.0781. The SMILES string of the molecule is CCc1ccc(OCC(=O)N(CCc2ccccc2)C(C)C(=O)NC2CCCCC2)cc1. The molecule has 0 radical (unpaired) electrons. The first-order valence-electron chi connectivity index (χ1n) is 11.9. The van der Waals surface area contributed by atoms with E-state index in [2.05, 4.69) is 12.2 Å². The van der Waals surface area contributed by atoms with Crippen molar-refractivity contribution >= 4 is 11.8 Å². The Kier molecular flexibility index (Phi) is 9.14. The molecule has 2 aromatic rings. The molecule has 0 bridgehead atoms. The fourth-order valence-electron chi connectivity index (χ4n) is 4.19. The molecule has 1 saturated carbocycles. The van der Waals surface area contributed by atoms with Gasteiger partial charge in [-0.3, -0.25) is 9.59 Å². The molecule has 2 aromatic carbocycles. The zero-order valence-corrected chi connectivity index (χ0v) is 19.4. The van der Waals surface area contributed by atoms with E-state index < -0.39 is 6.04 Å². The second-order valence-electron chi connectivity index (χ2n) is 8.63. The maximum atomic E-state index is 13.1. The van der Waals surface area contributed by atoms with E-state index in [4.69, 9.17) is 4.74 Å². The third-order valence-corrected chi connectivity index (χ3v) is 6.30. The number of carbonyl (C=O) groups is 2. The van der Waals surface area contributed by atoms with Gasteiger partial charge in [-0.2, -0.15) is 0 Å². The smallest absolute Gasteiger partial charge is 0.261 e. The van der Waals surface area contributed by atoms with Crippen LogP contribution in [-0.4, -0.2) is 41.9 Å². The quantitative estimate of drug-likeness (QED) is 0.595. The number of hydrogen-bond donors (Lipinski definition) is 1. The highest BCUT2D eigenvalue weighted by Crippen LogP contribution is 2.18. The summed E-state index contributed by atoms with van der Waals surface area (Å²) in [5.74, 6) is 0.412. The van der Waals surface area contributed by atoms with Gasteiger partial charge in [-0.25, -0.2) is 0 Å². The van der Waals surface area contributed by atoms with Gasteiger partial charge < -0.3 is 15.0 Å². The summed E-state index contributed by atoms with van der Waals surface area (Å²) in [6.45, 7) is 4.31. The molecule has 1 aliphatic rings. The summed E-state index contributed by atoms with van der Waals surface area (Å²) in [7, 11) is 0. The first-order chi connectivity index (χ1) is 15.6. The van der Waals surface area contributed by atoms with Gasteiger partial charge in [-0.15, -0.1) is 0 Å². The van der Waals surface area contributed by atoms with E-state index in [1.54, 1.807) is 4.90 Å². The van der Waals surface area contributed by atoms with Crippen LogP contribution >= 0.6 is 0 Å². The van der Waals surface area contributed by atoms with Crippen molar-refractivity contribution in [2.24, 2.45) is 0 Å². The molecule has 5 nitrogen and oxygen atoms in total. The molecule has 5 heteroatoms. The lowest BCUT2D eigenvalue weighted by Gasteiger charge is -2.31. The second kappa shape index (κ2) is 12.3. The van der Waals surface area contributed by atoms with Gasteiger partial charge in [0.05, 0.1) is 0 Å². The molecule has 172 valence electrons. The predicted molar refractivity (Wildman–Crippen MR) is 128 cm³/mol. The molecular formula is C27H36N2O3. The maximum Gasteiger partial charge on any atom is 0.261 e. The third-order valence-electron chi connectivity index (χ3n) is 6.30. The zero-order valence-electron chi connectivity index (χ0n) is 19.4. The zero-order chi connectivity index (χ0) is 22.8. The van der Waals surface area contributed by atoms with Crippen LogP contribution in [0.1, 0.15) is 57.1 Å². The van der Waals surface area contributed by atoms with Crippen molar-refractivity contribution in [3.05, 3.63) is 65.7 Å². The Morgan fingerprint density at radius 3 is 2.34 bits per heavy atom. The van der Waals surface area contributed by atoms with Crippen LogP contribution < -0.4 is 10.1 Å². The molecule has 32 heavy (non-hydrogen) atoms. The van der Waals surface area contributed by atoms with Crippen LogP contribution in [0, 0.1) is 0 Å². The van der Waals surface area contributed by atoms with Gasteiger partial charge in [-0.05, 0) is 55.9 Å². The molecule has 1 fully saturated rings. The Hall–Kier alpha value is -2.82. The van der Waals surface area contributed by atoms with E-state index >= 15 is 0 Å². The molecule has 3 rings (SSSR count). The number of carbonyl (C=O) groups excluding carboxylic acids is 2. The number of aryl methyl sites for hydroxylation is 1. The summed E-state index contributed by atoms with van der Waals surface area (Å²) in [4.78, 5) is 27.7. The van der Waals surface area contributed by atoms with Gasteiger partial charge in [0.1, 0.15) is 11.8 Å². The molecule has 1 N–H and O–H groups in total. The minimum atomic E-state index is -0.542. The molecule has 1 aliphatic carbocycles. The van der Waals surface area contributed by atoms with Crippen LogP contribution in [0.4, 0.5) is 0 Å². The third kappa shape index (κ3) is 7.11. The first-order valence-corrected chi connectivity index (χ1v) is 11.9. The lowest BCUT2D eigenvalue weighted by molar-refractivity contribution is -0.141. The van der Waals surface area contributed by atoms with E-state index in [-0.39, 0.29) is 24.5 Å². The number of ether oxygens (including phenoxy) is 1. The van der Waals surface area contributed by atoms with Gasteiger partial charge in [-0.1, -0.05) is 68.7 Å². The molecule has 1 unspecified atom stereocenters. The summed E-state index contributed by atoms with van der Waals surface area (Å²) in [6, 6.07) is 17.5. The molecule has 0 spiro atoms. The van der Waals surface area contributed by atoms with Crippen LogP contribution in [0.2, 0.25) is 0 Å². The van der Waals surface area contributed by atoms with Gasteiger partial charge in [0, 0.05) is 12.6 Å². The van der Waals surface area contributed by atoms with Crippen molar-refractivity contribution in [1.29, 1.82) is 0 Å². The van der Waals surface area contributed by atoms with Gasteiger partial charge >= 0.3 is 0 Å². The molecule has 0 heterocycles. The molecule has 0 saturated heterocycles.